The number of aliphatic hydroxyl groups excluding tert-OH is 1. The van der Waals surface area contributed by atoms with Gasteiger partial charge in [0.05, 0.1) is 11.7 Å². The van der Waals surface area contributed by atoms with Gasteiger partial charge in [-0.3, -0.25) is 9.59 Å². The highest BCUT2D eigenvalue weighted by Crippen LogP contribution is 2.22. The van der Waals surface area contributed by atoms with Crippen LogP contribution in [0.15, 0.2) is 24.3 Å². The molecule has 0 heterocycles. The average Bonchev–Trinajstić information content (AvgIpc) is 2.54. The molecule has 7 nitrogen and oxygen atoms in total. The van der Waals surface area contributed by atoms with Crippen LogP contribution in [0.2, 0.25) is 0 Å². The van der Waals surface area contributed by atoms with Crippen molar-refractivity contribution in [2.45, 2.75) is 37.8 Å². The molecule has 0 spiro atoms. The maximum absolute atomic E-state index is 12.2. The first-order chi connectivity index (χ1) is 10.9. The zero-order valence-corrected chi connectivity index (χ0v) is 12.9. The van der Waals surface area contributed by atoms with Crippen molar-refractivity contribution in [3.05, 3.63) is 29.8 Å². The molecule has 3 N–H and O–H groups in total. The zero-order valence-electron chi connectivity index (χ0n) is 12.9. The third kappa shape index (κ3) is 4.29. The number of nitrogens with zero attached hydrogens (tertiary/aromatic N) is 1. The number of carboxylic acids is 1. The molecule has 1 saturated carbocycles. The monoisotopic (exact) mass is 320 g/mol. The SMILES string of the molecule is CN(C(=O)C(=O)Nc1cccc(C(=O)O)c1)C1CCC(O)CC1. The number of aliphatic hydroxyl groups is 1. The van der Waals surface area contributed by atoms with Crippen molar-refractivity contribution < 1.29 is 24.6 Å². The number of anilines is 1. The Morgan fingerprint density at radius 2 is 1.83 bits per heavy atom. The van der Waals surface area contributed by atoms with Crippen LogP contribution >= 0.6 is 0 Å². The molecule has 0 saturated heterocycles. The molecule has 124 valence electrons. The molecule has 0 atom stereocenters. The number of likely N-dealkylation sites (N-methyl/N-ethyl adjacent to an activating group) is 1. The first-order valence-electron chi connectivity index (χ1n) is 7.48. The van der Waals surface area contributed by atoms with Crippen molar-refractivity contribution in [3.63, 3.8) is 0 Å². The maximum atomic E-state index is 12.2. The van der Waals surface area contributed by atoms with Crippen molar-refractivity contribution >= 4 is 23.5 Å². The summed E-state index contributed by atoms with van der Waals surface area (Å²) in [6, 6.07) is 5.65. The smallest absolute Gasteiger partial charge is 0.335 e. The minimum atomic E-state index is -1.11. The van der Waals surface area contributed by atoms with E-state index in [-0.39, 0.29) is 23.4 Å². The Morgan fingerprint density at radius 1 is 1.17 bits per heavy atom. The lowest BCUT2D eigenvalue weighted by Crippen LogP contribution is -2.45. The van der Waals surface area contributed by atoms with E-state index < -0.39 is 17.8 Å². The van der Waals surface area contributed by atoms with E-state index in [2.05, 4.69) is 5.32 Å². The van der Waals surface area contributed by atoms with Crippen LogP contribution in [-0.4, -0.2) is 52.1 Å². The third-order valence-electron chi connectivity index (χ3n) is 4.10. The number of rotatable bonds is 3. The van der Waals surface area contributed by atoms with Gasteiger partial charge in [0, 0.05) is 18.8 Å². The lowest BCUT2D eigenvalue weighted by molar-refractivity contribution is -0.144. The topological polar surface area (TPSA) is 107 Å². The first-order valence-corrected chi connectivity index (χ1v) is 7.48. The molecule has 0 radical (unpaired) electrons. The summed E-state index contributed by atoms with van der Waals surface area (Å²) in [6.45, 7) is 0. The van der Waals surface area contributed by atoms with Crippen LogP contribution < -0.4 is 5.32 Å². The Labute approximate surface area is 133 Å². The number of aromatic carboxylic acids is 1. The molecule has 2 amide bonds. The van der Waals surface area contributed by atoms with E-state index in [0.717, 1.165) is 0 Å². The molecule has 0 unspecified atom stereocenters. The van der Waals surface area contributed by atoms with Gasteiger partial charge < -0.3 is 20.4 Å². The molecule has 0 aliphatic heterocycles. The number of carbonyl (C=O) groups is 3. The number of hydrogen-bond donors (Lipinski definition) is 3. The molecule has 1 aromatic rings. The second kappa shape index (κ2) is 7.23. The summed E-state index contributed by atoms with van der Waals surface area (Å²) in [6.07, 6.45) is 2.22. The molecule has 1 aromatic carbocycles. The van der Waals surface area contributed by atoms with Crippen LogP contribution in [0.5, 0.6) is 0 Å². The highest BCUT2D eigenvalue weighted by molar-refractivity contribution is 6.39. The molecule has 0 aromatic heterocycles. The van der Waals surface area contributed by atoms with E-state index in [4.69, 9.17) is 5.11 Å². The summed E-state index contributed by atoms with van der Waals surface area (Å²) in [5.74, 6) is -2.58. The van der Waals surface area contributed by atoms with Gasteiger partial charge in [0.2, 0.25) is 0 Å². The van der Waals surface area contributed by atoms with Gasteiger partial charge in [0.25, 0.3) is 0 Å². The van der Waals surface area contributed by atoms with Crippen LogP contribution in [-0.2, 0) is 9.59 Å². The number of nitrogens with one attached hydrogen (secondary N) is 1. The van der Waals surface area contributed by atoms with Gasteiger partial charge in [-0.1, -0.05) is 6.07 Å². The number of hydrogen-bond acceptors (Lipinski definition) is 4. The van der Waals surface area contributed by atoms with Crippen LogP contribution in [0.1, 0.15) is 36.0 Å². The minimum Gasteiger partial charge on any atom is -0.478 e. The van der Waals surface area contributed by atoms with Gasteiger partial charge >= 0.3 is 17.8 Å². The van der Waals surface area contributed by atoms with Gasteiger partial charge in [-0.05, 0) is 43.9 Å². The highest BCUT2D eigenvalue weighted by Gasteiger charge is 2.28. The molecular formula is C16H20N2O5. The van der Waals surface area contributed by atoms with E-state index in [1.807, 2.05) is 0 Å². The quantitative estimate of drug-likeness (QED) is 0.723. The largest absolute Gasteiger partial charge is 0.478 e. The molecular weight excluding hydrogens is 300 g/mol. The molecule has 1 fully saturated rings. The molecule has 2 rings (SSSR count). The maximum Gasteiger partial charge on any atom is 0.335 e. The fraction of sp³-hybridized carbons (Fsp3) is 0.438. The van der Waals surface area contributed by atoms with Crippen LogP contribution in [0.3, 0.4) is 0 Å². The average molecular weight is 320 g/mol. The van der Waals surface area contributed by atoms with Crippen LogP contribution in [0, 0.1) is 0 Å². The summed E-state index contributed by atoms with van der Waals surface area (Å²) in [5, 5.41) is 20.8. The molecule has 0 bridgehead atoms. The van der Waals surface area contributed by atoms with Gasteiger partial charge in [0.1, 0.15) is 0 Å². The Morgan fingerprint density at radius 3 is 2.43 bits per heavy atom. The van der Waals surface area contributed by atoms with Gasteiger partial charge in [-0.2, -0.15) is 0 Å². The molecule has 7 heteroatoms. The highest BCUT2D eigenvalue weighted by atomic mass is 16.4. The zero-order chi connectivity index (χ0) is 17.0. The Bertz CT molecular complexity index is 608. The summed E-state index contributed by atoms with van der Waals surface area (Å²) in [4.78, 5) is 36.5. The first kappa shape index (κ1) is 17.0. The van der Waals surface area contributed by atoms with Gasteiger partial charge in [-0.25, -0.2) is 4.79 Å². The lowest BCUT2D eigenvalue weighted by Gasteiger charge is -2.32. The van der Waals surface area contributed by atoms with Gasteiger partial charge in [-0.15, -0.1) is 0 Å². The number of benzene rings is 1. The van der Waals surface area contributed by atoms with Gasteiger partial charge in [0.15, 0.2) is 0 Å². The second-order valence-corrected chi connectivity index (χ2v) is 5.72. The lowest BCUT2D eigenvalue weighted by atomic mass is 9.92. The van der Waals surface area contributed by atoms with Crippen molar-refractivity contribution in [1.82, 2.24) is 4.90 Å². The Kier molecular flexibility index (Phi) is 5.33. The number of carboxylic acid groups (broad SMARTS) is 1. The van der Waals surface area contributed by atoms with Crippen molar-refractivity contribution in [3.8, 4) is 0 Å². The second-order valence-electron chi connectivity index (χ2n) is 5.72. The predicted molar refractivity (Wildman–Crippen MR) is 83.1 cm³/mol. The van der Waals surface area contributed by atoms with E-state index in [9.17, 15) is 19.5 Å². The standard InChI is InChI=1S/C16H20N2O5/c1-18(12-5-7-13(19)8-6-12)15(21)14(20)17-11-4-2-3-10(9-11)16(22)23/h2-4,9,12-13,19H,5-8H2,1H3,(H,17,20)(H,22,23). The van der Waals surface area contributed by atoms with Crippen molar-refractivity contribution in [1.29, 1.82) is 0 Å². The number of amides is 2. The summed E-state index contributed by atoms with van der Waals surface area (Å²) in [7, 11) is 1.57. The third-order valence-corrected chi connectivity index (χ3v) is 4.10. The Balaban J connectivity index is 1.98. The van der Waals surface area contributed by atoms with E-state index >= 15 is 0 Å². The fourth-order valence-corrected chi connectivity index (χ4v) is 2.69. The van der Waals surface area contributed by atoms with Crippen molar-refractivity contribution in [2.24, 2.45) is 0 Å². The van der Waals surface area contributed by atoms with Crippen LogP contribution in [0.25, 0.3) is 0 Å². The number of carbonyl (C=O) groups excluding carboxylic acids is 2. The Hall–Kier alpha value is -2.41. The minimum absolute atomic E-state index is 0.0323. The normalized spacial score (nSPS) is 20.6. The predicted octanol–water partition coefficient (Wildman–Crippen LogP) is 1.09. The van der Waals surface area contributed by atoms with E-state index in [0.29, 0.717) is 25.7 Å². The van der Waals surface area contributed by atoms with Crippen LogP contribution in [0.4, 0.5) is 5.69 Å². The summed E-state index contributed by atoms with van der Waals surface area (Å²) < 4.78 is 0. The van der Waals surface area contributed by atoms with E-state index in [1.165, 1.54) is 29.2 Å². The fourth-order valence-electron chi connectivity index (χ4n) is 2.69. The summed E-state index contributed by atoms with van der Waals surface area (Å²) >= 11 is 0. The molecule has 23 heavy (non-hydrogen) atoms. The summed E-state index contributed by atoms with van der Waals surface area (Å²) in [5.41, 5.74) is 0.292. The molecule has 1 aliphatic rings. The molecule has 1 aliphatic carbocycles. The van der Waals surface area contributed by atoms with Crippen molar-refractivity contribution in [2.75, 3.05) is 12.4 Å². The van der Waals surface area contributed by atoms with E-state index in [1.54, 1.807) is 7.05 Å².